The number of rotatable bonds is 8. The molecule has 10 heteroatoms. The summed E-state index contributed by atoms with van der Waals surface area (Å²) in [5.41, 5.74) is 0.122. The summed E-state index contributed by atoms with van der Waals surface area (Å²) in [6, 6.07) is 8.99. The Morgan fingerprint density at radius 2 is 1.74 bits per heavy atom. The highest BCUT2D eigenvalue weighted by Gasteiger charge is 2.46. The van der Waals surface area contributed by atoms with E-state index in [0.717, 1.165) is 12.1 Å². The van der Waals surface area contributed by atoms with Crippen molar-refractivity contribution in [3.8, 4) is 0 Å². The van der Waals surface area contributed by atoms with Gasteiger partial charge in [0.2, 0.25) is 0 Å². The van der Waals surface area contributed by atoms with Gasteiger partial charge in [0, 0.05) is 24.2 Å². The second-order valence-electron chi connectivity index (χ2n) is 6.68. The van der Waals surface area contributed by atoms with Crippen LogP contribution in [0.2, 0.25) is 0 Å². The number of nitro benzene ring substituents is 1. The number of hydrogen-bond donors (Lipinski definition) is 2. The summed E-state index contributed by atoms with van der Waals surface area (Å²) < 4.78 is 18.5. The molecule has 2 N–H and O–H groups in total. The van der Waals surface area contributed by atoms with Crippen molar-refractivity contribution < 1.29 is 33.9 Å². The van der Waals surface area contributed by atoms with Crippen molar-refractivity contribution in [2.24, 2.45) is 0 Å². The molecule has 1 amide bonds. The summed E-state index contributed by atoms with van der Waals surface area (Å²) >= 11 is 0. The fourth-order valence-electron chi connectivity index (χ4n) is 3.33. The Bertz CT molecular complexity index is 1020. The first-order valence-electron chi connectivity index (χ1n) is 9.32. The lowest BCUT2D eigenvalue weighted by Crippen LogP contribution is -2.33. The lowest BCUT2D eigenvalue weighted by Gasteiger charge is -2.25. The van der Waals surface area contributed by atoms with Crippen LogP contribution in [0.5, 0.6) is 0 Å². The molecule has 1 fully saturated rings. The lowest BCUT2D eigenvalue weighted by molar-refractivity contribution is -0.384. The number of Topliss-reactive ketones (excluding diaryl/α,β-unsaturated/α-hetero) is 1. The van der Waals surface area contributed by atoms with Crippen molar-refractivity contribution in [3.63, 3.8) is 0 Å². The number of likely N-dealkylation sites (tertiary alicyclic amines) is 1. The highest BCUT2D eigenvalue weighted by atomic mass is 19.1. The number of benzene rings is 2. The molecule has 162 valence electrons. The summed E-state index contributed by atoms with van der Waals surface area (Å²) in [5, 5.41) is 30.6. The van der Waals surface area contributed by atoms with Crippen molar-refractivity contribution in [2.75, 3.05) is 26.4 Å². The average molecular weight is 430 g/mol. The van der Waals surface area contributed by atoms with Crippen LogP contribution in [0, 0.1) is 15.9 Å². The smallest absolute Gasteiger partial charge is 0.295 e. The quantitative estimate of drug-likeness (QED) is 0.164. The first kappa shape index (κ1) is 22.1. The SMILES string of the molecule is O=C1C(=O)N(CCOCCO)C(c2ccc([N+](=O)[O-])cc2)/C1=C(\O)c1ccc(F)cc1. The van der Waals surface area contributed by atoms with Crippen molar-refractivity contribution in [1.29, 1.82) is 0 Å². The first-order valence-corrected chi connectivity index (χ1v) is 9.32. The van der Waals surface area contributed by atoms with Crippen LogP contribution in [-0.2, 0) is 14.3 Å². The van der Waals surface area contributed by atoms with Gasteiger partial charge >= 0.3 is 0 Å². The molecule has 1 heterocycles. The number of nitro groups is 1. The van der Waals surface area contributed by atoms with E-state index >= 15 is 0 Å². The summed E-state index contributed by atoms with van der Waals surface area (Å²) in [5.74, 6) is -2.84. The number of non-ortho nitro benzene ring substituents is 1. The minimum atomic E-state index is -1.02. The third-order valence-corrected chi connectivity index (χ3v) is 4.79. The van der Waals surface area contributed by atoms with Gasteiger partial charge < -0.3 is 19.8 Å². The largest absolute Gasteiger partial charge is 0.507 e. The first-order chi connectivity index (χ1) is 14.8. The molecule has 3 rings (SSSR count). The van der Waals surface area contributed by atoms with Crippen LogP contribution in [0.15, 0.2) is 54.1 Å². The Balaban J connectivity index is 2.07. The molecule has 1 saturated heterocycles. The third kappa shape index (κ3) is 4.60. The highest BCUT2D eigenvalue weighted by molar-refractivity contribution is 6.46. The van der Waals surface area contributed by atoms with E-state index in [1.54, 1.807) is 0 Å². The van der Waals surface area contributed by atoms with E-state index in [0.29, 0.717) is 5.56 Å². The van der Waals surface area contributed by atoms with Crippen LogP contribution in [0.25, 0.3) is 5.76 Å². The maximum Gasteiger partial charge on any atom is 0.295 e. The van der Waals surface area contributed by atoms with Gasteiger partial charge in [0.1, 0.15) is 11.6 Å². The van der Waals surface area contributed by atoms with E-state index in [1.807, 2.05) is 0 Å². The fraction of sp³-hybridized carbons (Fsp3) is 0.238. The van der Waals surface area contributed by atoms with Gasteiger partial charge in [0.15, 0.2) is 0 Å². The van der Waals surface area contributed by atoms with Crippen molar-refractivity contribution in [2.45, 2.75) is 6.04 Å². The molecule has 0 aromatic heterocycles. The van der Waals surface area contributed by atoms with Gasteiger partial charge in [-0.15, -0.1) is 0 Å². The predicted octanol–water partition coefficient (Wildman–Crippen LogP) is 2.16. The van der Waals surface area contributed by atoms with Gasteiger partial charge in [0.05, 0.1) is 36.4 Å². The second kappa shape index (κ2) is 9.45. The van der Waals surface area contributed by atoms with E-state index in [4.69, 9.17) is 9.84 Å². The van der Waals surface area contributed by atoms with Gasteiger partial charge in [-0.1, -0.05) is 0 Å². The summed E-state index contributed by atoms with van der Waals surface area (Å²) in [6.45, 7) is -0.170. The molecule has 31 heavy (non-hydrogen) atoms. The van der Waals surface area contributed by atoms with Crippen LogP contribution < -0.4 is 0 Å². The maximum atomic E-state index is 13.3. The Kier molecular flexibility index (Phi) is 6.73. The number of hydrogen-bond acceptors (Lipinski definition) is 7. The van der Waals surface area contributed by atoms with Gasteiger partial charge in [-0.3, -0.25) is 19.7 Å². The molecule has 9 nitrogen and oxygen atoms in total. The van der Waals surface area contributed by atoms with Crippen molar-refractivity contribution in [3.05, 3.63) is 81.2 Å². The Labute approximate surface area is 176 Å². The van der Waals surface area contributed by atoms with E-state index in [-0.39, 0.29) is 43.2 Å². The predicted molar refractivity (Wildman–Crippen MR) is 106 cm³/mol. The summed E-state index contributed by atoms with van der Waals surface area (Å²) in [4.78, 5) is 37.0. The second-order valence-corrected chi connectivity index (χ2v) is 6.68. The minimum absolute atomic E-state index is 0.0214. The number of carbonyl (C=O) groups is 2. The van der Waals surface area contributed by atoms with Crippen LogP contribution in [0.3, 0.4) is 0 Å². The van der Waals surface area contributed by atoms with Crippen molar-refractivity contribution in [1.82, 2.24) is 4.90 Å². The number of aliphatic hydroxyl groups is 2. The number of amides is 1. The summed E-state index contributed by atoms with van der Waals surface area (Å²) in [7, 11) is 0. The monoisotopic (exact) mass is 430 g/mol. The molecule has 0 bridgehead atoms. The number of ketones is 1. The third-order valence-electron chi connectivity index (χ3n) is 4.79. The topological polar surface area (TPSA) is 130 Å². The minimum Gasteiger partial charge on any atom is -0.507 e. The van der Waals surface area contributed by atoms with Crippen LogP contribution >= 0.6 is 0 Å². The molecular formula is C21H19FN2O7. The molecule has 1 aliphatic rings. The molecule has 1 atom stereocenters. The summed E-state index contributed by atoms with van der Waals surface area (Å²) in [6.07, 6.45) is 0. The zero-order valence-corrected chi connectivity index (χ0v) is 16.2. The molecular weight excluding hydrogens is 411 g/mol. The number of nitrogens with zero attached hydrogens (tertiary/aromatic N) is 2. The average Bonchev–Trinajstić information content (AvgIpc) is 3.01. The standard InChI is InChI=1S/C21H19FN2O7/c22-15-5-1-14(2-6-15)19(26)17-18(13-3-7-16(8-4-13)24(29)30)23(21(28)20(17)27)9-11-31-12-10-25/h1-8,18,25-26H,9-12H2/b19-17+. The molecule has 2 aromatic rings. The number of aliphatic hydroxyl groups excluding tert-OH is 2. The normalized spacial score (nSPS) is 17.9. The number of carbonyl (C=O) groups excluding carboxylic acids is 2. The highest BCUT2D eigenvalue weighted by Crippen LogP contribution is 2.39. The molecule has 0 radical (unpaired) electrons. The van der Waals surface area contributed by atoms with Crippen LogP contribution in [-0.4, -0.2) is 58.1 Å². The van der Waals surface area contributed by atoms with E-state index in [2.05, 4.69) is 0 Å². The van der Waals surface area contributed by atoms with Crippen molar-refractivity contribution >= 4 is 23.1 Å². The fourth-order valence-corrected chi connectivity index (χ4v) is 3.33. The van der Waals surface area contributed by atoms with Crippen LogP contribution in [0.1, 0.15) is 17.2 Å². The zero-order chi connectivity index (χ0) is 22.5. The molecule has 0 spiro atoms. The zero-order valence-electron chi connectivity index (χ0n) is 16.2. The van der Waals surface area contributed by atoms with Gasteiger partial charge in [0.25, 0.3) is 17.4 Å². The number of halogens is 1. The lowest BCUT2D eigenvalue weighted by atomic mass is 9.95. The Morgan fingerprint density at radius 1 is 1.10 bits per heavy atom. The molecule has 0 saturated carbocycles. The molecule has 2 aromatic carbocycles. The number of ether oxygens (including phenoxy) is 1. The molecule has 1 unspecified atom stereocenters. The Morgan fingerprint density at radius 3 is 2.32 bits per heavy atom. The molecule has 1 aliphatic heterocycles. The van der Waals surface area contributed by atoms with Crippen LogP contribution in [0.4, 0.5) is 10.1 Å². The van der Waals surface area contributed by atoms with Gasteiger partial charge in [-0.05, 0) is 42.0 Å². The van der Waals surface area contributed by atoms with E-state index in [1.165, 1.54) is 41.3 Å². The van der Waals surface area contributed by atoms with E-state index in [9.17, 15) is 29.2 Å². The van der Waals surface area contributed by atoms with Gasteiger partial charge in [-0.25, -0.2) is 4.39 Å². The Hall–Kier alpha value is -3.63. The van der Waals surface area contributed by atoms with E-state index < -0.39 is 34.2 Å². The van der Waals surface area contributed by atoms with Gasteiger partial charge in [-0.2, -0.15) is 0 Å². The maximum absolute atomic E-state index is 13.3. The molecule has 0 aliphatic carbocycles.